The second kappa shape index (κ2) is 6.65. The first-order valence-electron chi connectivity index (χ1n) is 5.99. The van der Waals surface area contributed by atoms with Crippen molar-refractivity contribution in [1.29, 1.82) is 0 Å². The Hall–Kier alpha value is -1.43. The van der Waals surface area contributed by atoms with Gasteiger partial charge in [-0.15, -0.1) is 0 Å². The molecule has 6 heteroatoms. The number of nitro groups is 1. The highest BCUT2D eigenvalue weighted by Crippen LogP contribution is 2.21. The van der Waals surface area contributed by atoms with Gasteiger partial charge < -0.3 is 5.32 Å². The number of amides is 1. The van der Waals surface area contributed by atoms with Gasteiger partial charge >= 0.3 is 0 Å². The van der Waals surface area contributed by atoms with E-state index in [0.717, 1.165) is 5.56 Å². The first-order valence-corrected chi connectivity index (χ1v) is 6.90. The number of halogens is 1. The number of nitrogens with zero attached hydrogens (tertiary/aromatic N) is 1. The minimum absolute atomic E-state index is 0.0750. The van der Waals surface area contributed by atoms with Crippen molar-refractivity contribution in [3.05, 3.63) is 39.4 Å². The van der Waals surface area contributed by atoms with Gasteiger partial charge in [0.25, 0.3) is 5.69 Å². The molecule has 0 saturated heterocycles. The zero-order valence-corrected chi connectivity index (χ0v) is 12.7. The van der Waals surface area contributed by atoms with E-state index in [1.54, 1.807) is 19.1 Å². The molecule has 104 valence electrons. The van der Waals surface area contributed by atoms with Crippen LogP contribution in [0.5, 0.6) is 0 Å². The van der Waals surface area contributed by atoms with Crippen molar-refractivity contribution in [3.8, 4) is 0 Å². The molecule has 0 aliphatic heterocycles. The number of benzene rings is 1. The molecule has 0 aromatic heterocycles. The van der Waals surface area contributed by atoms with Crippen molar-refractivity contribution >= 4 is 27.5 Å². The third-order valence-corrected chi connectivity index (χ3v) is 4.38. The normalized spacial score (nSPS) is 12.3. The highest BCUT2D eigenvalue weighted by Gasteiger charge is 2.19. The van der Waals surface area contributed by atoms with E-state index in [-0.39, 0.29) is 22.3 Å². The summed E-state index contributed by atoms with van der Waals surface area (Å²) >= 11 is 3.32. The third kappa shape index (κ3) is 4.02. The third-order valence-electron chi connectivity index (χ3n) is 2.90. The smallest absolute Gasteiger partial charge is 0.272 e. The van der Waals surface area contributed by atoms with Crippen LogP contribution in [0, 0.1) is 23.0 Å². The summed E-state index contributed by atoms with van der Waals surface area (Å²) in [7, 11) is 0. The topological polar surface area (TPSA) is 72.2 Å². The predicted octanol–water partition coefficient (Wildman–Crippen LogP) is 2.94. The average Bonchev–Trinajstić information content (AvgIpc) is 2.35. The van der Waals surface area contributed by atoms with Crippen molar-refractivity contribution < 1.29 is 9.72 Å². The summed E-state index contributed by atoms with van der Waals surface area (Å²) in [5, 5.41) is 13.6. The Morgan fingerprint density at radius 3 is 2.63 bits per heavy atom. The van der Waals surface area contributed by atoms with Crippen LogP contribution in [0.25, 0.3) is 0 Å². The van der Waals surface area contributed by atoms with Gasteiger partial charge in [0.05, 0.1) is 9.75 Å². The SMILES string of the molecule is Cc1c(CNC(=O)C(Br)C(C)C)cccc1[N+](=O)[O-]. The van der Waals surface area contributed by atoms with E-state index in [1.807, 2.05) is 13.8 Å². The van der Waals surface area contributed by atoms with Crippen molar-refractivity contribution in [3.63, 3.8) is 0 Å². The van der Waals surface area contributed by atoms with Crippen LogP contribution >= 0.6 is 15.9 Å². The Morgan fingerprint density at radius 2 is 2.11 bits per heavy atom. The molecule has 1 N–H and O–H groups in total. The van der Waals surface area contributed by atoms with Crippen LogP contribution in [-0.4, -0.2) is 15.7 Å². The number of carbonyl (C=O) groups excluding carboxylic acids is 1. The lowest BCUT2D eigenvalue weighted by atomic mass is 10.1. The van der Waals surface area contributed by atoms with Gasteiger partial charge in [0.15, 0.2) is 0 Å². The van der Waals surface area contributed by atoms with Gasteiger partial charge in [-0.3, -0.25) is 14.9 Å². The van der Waals surface area contributed by atoms with Crippen molar-refractivity contribution in [2.45, 2.75) is 32.1 Å². The number of nitro benzene ring substituents is 1. The molecule has 1 unspecified atom stereocenters. The van der Waals surface area contributed by atoms with Crippen LogP contribution in [-0.2, 0) is 11.3 Å². The zero-order chi connectivity index (χ0) is 14.6. The Labute approximate surface area is 120 Å². The molecule has 1 rings (SSSR count). The Bertz CT molecular complexity index is 489. The molecule has 19 heavy (non-hydrogen) atoms. The molecule has 0 spiro atoms. The van der Waals surface area contributed by atoms with Crippen molar-refractivity contribution in [1.82, 2.24) is 5.32 Å². The van der Waals surface area contributed by atoms with E-state index in [0.29, 0.717) is 12.1 Å². The molecular weight excluding hydrogens is 312 g/mol. The van der Waals surface area contributed by atoms with E-state index in [2.05, 4.69) is 21.2 Å². The molecule has 0 heterocycles. The number of hydrogen-bond acceptors (Lipinski definition) is 3. The summed E-state index contributed by atoms with van der Waals surface area (Å²) in [6.07, 6.45) is 0. The summed E-state index contributed by atoms with van der Waals surface area (Å²) in [4.78, 5) is 21.9. The van der Waals surface area contributed by atoms with Gasteiger partial charge in [-0.2, -0.15) is 0 Å². The van der Waals surface area contributed by atoms with Crippen LogP contribution in [0.1, 0.15) is 25.0 Å². The van der Waals surface area contributed by atoms with Crippen LogP contribution < -0.4 is 5.32 Å². The highest BCUT2D eigenvalue weighted by atomic mass is 79.9. The number of carbonyl (C=O) groups is 1. The Balaban J connectivity index is 2.76. The first kappa shape index (κ1) is 15.6. The molecule has 0 saturated carbocycles. The van der Waals surface area contributed by atoms with Gasteiger partial charge in [0.1, 0.15) is 0 Å². The second-order valence-electron chi connectivity index (χ2n) is 4.68. The van der Waals surface area contributed by atoms with Gasteiger partial charge in [0, 0.05) is 18.2 Å². The molecule has 1 aromatic rings. The molecule has 5 nitrogen and oxygen atoms in total. The second-order valence-corrected chi connectivity index (χ2v) is 5.67. The molecule has 1 amide bonds. The Kier molecular flexibility index (Phi) is 5.47. The molecule has 0 radical (unpaired) electrons. The molecule has 0 fully saturated rings. The lowest BCUT2D eigenvalue weighted by molar-refractivity contribution is -0.385. The standard InChI is InChI=1S/C13H17BrN2O3/c1-8(2)12(14)13(17)15-7-10-5-4-6-11(9(10)3)16(18)19/h4-6,8,12H,7H2,1-3H3,(H,15,17). The summed E-state index contributed by atoms with van der Waals surface area (Å²) in [6.45, 7) is 5.87. The van der Waals surface area contributed by atoms with E-state index < -0.39 is 4.92 Å². The fourth-order valence-electron chi connectivity index (χ4n) is 1.64. The summed E-state index contributed by atoms with van der Waals surface area (Å²) in [5.74, 6) is 0.0760. The highest BCUT2D eigenvalue weighted by molar-refractivity contribution is 9.10. The number of alkyl halides is 1. The van der Waals surface area contributed by atoms with Crippen molar-refractivity contribution in [2.75, 3.05) is 0 Å². The Morgan fingerprint density at radius 1 is 1.47 bits per heavy atom. The summed E-state index contributed by atoms with van der Waals surface area (Å²) < 4.78 is 0. The molecule has 1 atom stereocenters. The van der Waals surface area contributed by atoms with E-state index in [1.165, 1.54) is 6.07 Å². The van der Waals surface area contributed by atoms with Crippen molar-refractivity contribution in [2.24, 2.45) is 5.92 Å². The molecule has 1 aromatic carbocycles. The van der Waals surface area contributed by atoms with Crippen LogP contribution in [0.3, 0.4) is 0 Å². The molecular formula is C13H17BrN2O3. The average molecular weight is 329 g/mol. The van der Waals surface area contributed by atoms with E-state index >= 15 is 0 Å². The quantitative estimate of drug-likeness (QED) is 0.513. The van der Waals surface area contributed by atoms with E-state index in [9.17, 15) is 14.9 Å². The lowest BCUT2D eigenvalue weighted by Crippen LogP contribution is -2.33. The lowest BCUT2D eigenvalue weighted by Gasteiger charge is -2.14. The minimum atomic E-state index is -0.415. The maximum Gasteiger partial charge on any atom is 0.272 e. The van der Waals surface area contributed by atoms with Crippen LogP contribution in [0.2, 0.25) is 0 Å². The minimum Gasteiger partial charge on any atom is -0.351 e. The van der Waals surface area contributed by atoms with Crippen LogP contribution in [0.15, 0.2) is 18.2 Å². The molecule has 0 aliphatic carbocycles. The number of hydrogen-bond donors (Lipinski definition) is 1. The number of nitrogens with one attached hydrogen (secondary N) is 1. The first-order chi connectivity index (χ1) is 8.84. The van der Waals surface area contributed by atoms with E-state index in [4.69, 9.17) is 0 Å². The zero-order valence-electron chi connectivity index (χ0n) is 11.1. The fraction of sp³-hybridized carbons (Fsp3) is 0.462. The number of rotatable bonds is 5. The monoisotopic (exact) mass is 328 g/mol. The molecule has 0 bridgehead atoms. The largest absolute Gasteiger partial charge is 0.351 e. The van der Waals surface area contributed by atoms with Gasteiger partial charge in [0.2, 0.25) is 5.91 Å². The van der Waals surface area contributed by atoms with Gasteiger partial charge in [-0.05, 0) is 18.4 Å². The summed E-state index contributed by atoms with van der Waals surface area (Å²) in [5.41, 5.74) is 1.42. The summed E-state index contributed by atoms with van der Waals surface area (Å²) in [6, 6.07) is 4.87. The van der Waals surface area contributed by atoms with Crippen LogP contribution in [0.4, 0.5) is 5.69 Å². The fourth-order valence-corrected chi connectivity index (χ4v) is 1.80. The maximum absolute atomic E-state index is 11.8. The van der Waals surface area contributed by atoms with Gasteiger partial charge in [-0.1, -0.05) is 41.9 Å². The maximum atomic E-state index is 11.8. The van der Waals surface area contributed by atoms with Gasteiger partial charge in [-0.25, -0.2) is 0 Å². The predicted molar refractivity (Wildman–Crippen MR) is 77.2 cm³/mol. The molecule has 0 aliphatic rings.